The van der Waals surface area contributed by atoms with Gasteiger partial charge in [0, 0.05) is 38.8 Å². The van der Waals surface area contributed by atoms with Gasteiger partial charge in [-0.15, -0.1) is 24.0 Å². The van der Waals surface area contributed by atoms with Gasteiger partial charge in [0.05, 0.1) is 5.92 Å². The summed E-state index contributed by atoms with van der Waals surface area (Å²) in [5, 5.41) is 6.85. The van der Waals surface area contributed by atoms with E-state index in [9.17, 15) is 4.79 Å². The van der Waals surface area contributed by atoms with Crippen LogP contribution in [0.4, 0.5) is 0 Å². The van der Waals surface area contributed by atoms with Crippen molar-refractivity contribution in [1.29, 1.82) is 0 Å². The molecule has 0 saturated carbocycles. The zero-order chi connectivity index (χ0) is 20.2. The molecule has 0 aromatic carbocycles. The van der Waals surface area contributed by atoms with Crippen LogP contribution in [0.5, 0.6) is 0 Å². The Morgan fingerprint density at radius 1 is 1.10 bits per heavy atom. The first-order chi connectivity index (χ1) is 13.6. The molecule has 170 valence electrons. The number of primary amides is 1. The Bertz CT molecular complexity index is 490. The number of piperidine rings is 2. The van der Waals surface area contributed by atoms with Crippen LogP contribution in [-0.2, 0) is 4.79 Å². The quantitative estimate of drug-likeness (QED) is 0.177. The molecule has 2 fully saturated rings. The number of amides is 1. The highest BCUT2D eigenvalue weighted by Gasteiger charge is 2.23. The number of nitrogens with zero attached hydrogens (tertiary/aromatic N) is 3. The fraction of sp³-hybridized carbons (Fsp3) is 0.905. The number of rotatable bonds is 10. The second-order valence-corrected chi connectivity index (χ2v) is 8.18. The average molecular weight is 523 g/mol. The molecule has 0 aromatic rings. The number of nitrogens with two attached hydrogens (primary N) is 1. The summed E-state index contributed by atoms with van der Waals surface area (Å²) in [6.07, 6.45) is 8.32. The topological polar surface area (TPSA) is 86.0 Å². The van der Waals surface area contributed by atoms with Crippen LogP contribution < -0.4 is 16.4 Å². The van der Waals surface area contributed by atoms with Gasteiger partial charge in [0.25, 0.3) is 0 Å². The first kappa shape index (κ1) is 26.4. The lowest BCUT2D eigenvalue weighted by Gasteiger charge is -2.35. The second-order valence-electron chi connectivity index (χ2n) is 8.18. The van der Waals surface area contributed by atoms with Gasteiger partial charge in [0.1, 0.15) is 0 Å². The van der Waals surface area contributed by atoms with Crippen LogP contribution in [0.15, 0.2) is 4.99 Å². The van der Waals surface area contributed by atoms with Gasteiger partial charge in [0.2, 0.25) is 5.91 Å². The summed E-state index contributed by atoms with van der Waals surface area (Å²) in [5.74, 6) is 0.791. The molecule has 0 spiro atoms. The Balaban J connectivity index is 0.00000420. The monoisotopic (exact) mass is 522 g/mol. The van der Waals surface area contributed by atoms with Gasteiger partial charge >= 0.3 is 0 Å². The fourth-order valence-corrected chi connectivity index (χ4v) is 4.45. The maximum Gasteiger partial charge on any atom is 0.221 e. The summed E-state index contributed by atoms with van der Waals surface area (Å²) >= 11 is 0. The fourth-order valence-electron chi connectivity index (χ4n) is 4.45. The van der Waals surface area contributed by atoms with Crippen LogP contribution in [0.25, 0.3) is 0 Å². The van der Waals surface area contributed by atoms with Crippen molar-refractivity contribution in [1.82, 2.24) is 20.4 Å². The van der Waals surface area contributed by atoms with E-state index in [1.807, 2.05) is 0 Å². The standard InChI is InChI=1S/C21H42N6O.HI/c1-3-19-10-5-6-15-27(19)16-12-25-21(23-4-2)24-11-8-14-26-13-7-9-18(17-26)20(22)28;/h18-19H,3-17H2,1-2H3,(H2,22,28)(H2,23,24,25);1H. The lowest BCUT2D eigenvalue weighted by atomic mass is 9.97. The Hall–Kier alpha value is -0.610. The predicted molar refractivity (Wildman–Crippen MR) is 132 cm³/mol. The van der Waals surface area contributed by atoms with E-state index in [0.29, 0.717) is 0 Å². The van der Waals surface area contributed by atoms with Gasteiger partial charge < -0.3 is 21.3 Å². The van der Waals surface area contributed by atoms with Crippen LogP contribution in [0.2, 0.25) is 0 Å². The number of halogens is 1. The van der Waals surface area contributed by atoms with E-state index in [-0.39, 0.29) is 35.8 Å². The molecule has 4 N–H and O–H groups in total. The van der Waals surface area contributed by atoms with Crippen LogP contribution in [0.3, 0.4) is 0 Å². The highest BCUT2D eigenvalue weighted by Crippen LogP contribution is 2.18. The predicted octanol–water partition coefficient (Wildman–Crippen LogP) is 2.01. The van der Waals surface area contributed by atoms with Gasteiger partial charge in [-0.2, -0.15) is 0 Å². The Kier molecular flexibility index (Phi) is 13.9. The van der Waals surface area contributed by atoms with Crippen molar-refractivity contribution in [2.24, 2.45) is 16.6 Å². The zero-order valence-corrected chi connectivity index (χ0v) is 20.8. The lowest BCUT2D eigenvalue weighted by Crippen LogP contribution is -2.46. The van der Waals surface area contributed by atoms with Crippen molar-refractivity contribution >= 4 is 35.8 Å². The first-order valence-electron chi connectivity index (χ1n) is 11.4. The molecule has 2 heterocycles. The molecule has 2 atom stereocenters. The van der Waals surface area contributed by atoms with Crippen LogP contribution >= 0.6 is 24.0 Å². The maximum absolute atomic E-state index is 11.4. The number of nitrogens with one attached hydrogen (secondary N) is 2. The number of hydrogen-bond donors (Lipinski definition) is 3. The smallest absolute Gasteiger partial charge is 0.221 e. The van der Waals surface area contributed by atoms with Crippen molar-refractivity contribution in [3.8, 4) is 0 Å². The van der Waals surface area contributed by atoms with Crippen molar-refractivity contribution < 1.29 is 4.79 Å². The van der Waals surface area contributed by atoms with E-state index in [1.165, 1.54) is 32.2 Å². The summed E-state index contributed by atoms with van der Waals surface area (Å²) in [7, 11) is 0. The van der Waals surface area contributed by atoms with Gasteiger partial charge in [-0.05, 0) is 65.1 Å². The molecule has 2 rings (SSSR count). The van der Waals surface area contributed by atoms with Gasteiger partial charge in [-0.1, -0.05) is 13.3 Å². The molecule has 7 nitrogen and oxygen atoms in total. The summed E-state index contributed by atoms with van der Waals surface area (Å²) in [5.41, 5.74) is 5.47. The van der Waals surface area contributed by atoms with E-state index in [1.54, 1.807) is 0 Å². The van der Waals surface area contributed by atoms with Gasteiger partial charge in [0.15, 0.2) is 5.96 Å². The Labute approximate surface area is 194 Å². The molecule has 0 aromatic heterocycles. The molecule has 2 aliphatic rings. The molecule has 29 heavy (non-hydrogen) atoms. The minimum Gasteiger partial charge on any atom is -0.369 e. The maximum atomic E-state index is 11.4. The number of aliphatic imine (C=N–C) groups is 1. The lowest BCUT2D eigenvalue weighted by molar-refractivity contribution is -0.123. The zero-order valence-electron chi connectivity index (χ0n) is 18.5. The molecule has 2 unspecified atom stereocenters. The summed E-state index contributed by atoms with van der Waals surface area (Å²) in [6, 6.07) is 0.754. The third-order valence-electron chi connectivity index (χ3n) is 6.07. The molecule has 0 radical (unpaired) electrons. The molecule has 8 heteroatoms. The van der Waals surface area contributed by atoms with E-state index >= 15 is 0 Å². The number of hydrogen-bond acceptors (Lipinski definition) is 4. The minimum atomic E-state index is -0.152. The van der Waals surface area contributed by atoms with E-state index in [2.05, 4.69) is 34.3 Å². The van der Waals surface area contributed by atoms with Crippen molar-refractivity contribution in [2.45, 2.75) is 64.8 Å². The third kappa shape index (κ3) is 9.83. The van der Waals surface area contributed by atoms with Crippen molar-refractivity contribution in [2.75, 3.05) is 52.4 Å². The molecule has 2 saturated heterocycles. The average Bonchev–Trinajstić information content (AvgIpc) is 2.71. The SMILES string of the molecule is CCNC(=NCCCN1CCCC(C(N)=O)C1)NCCN1CCCCC1CC.I. The summed E-state index contributed by atoms with van der Waals surface area (Å²) in [4.78, 5) is 21.1. The van der Waals surface area contributed by atoms with Crippen molar-refractivity contribution in [3.05, 3.63) is 0 Å². The highest BCUT2D eigenvalue weighted by atomic mass is 127. The van der Waals surface area contributed by atoms with Crippen LogP contribution in [0.1, 0.15) is 58.8 Å². The normalized spacial score (nSPS) is 24.0. The molecule has 0 aliphatic carbocycles. The van der Waals surface area contributed by atoms with Gasteiger partial charge in [-0.3, -0.25) is 14.7 Å². The van der Waals surface area contributed by atoms with Crippen LogP contribution in [0, 0.1) is 5.92 Å². The first-order valence-corrected chi connectivity index (χ1v) is 11.4. The largest absolute Gasteiger partial charge is 0.369 e. The third-order valence-corrected chi connectivity index (χ3v) is 6.07. The molecule has 2 aliphatic heterocycles. The Morgan fingerprint density at radius 2 is 1.93 bits per heavy atom. The number of carbonyl (C=O) groups is 1. The molecule has 0 bridgehead atoms. The van der Waals surface area contributed by atoms with Gasteiger partial charge in [-0.25, -0.2) is 0 Å². The highest BCUT2D eigenvalue weighted by molar-refractivity contribution is 14.0. The number of carbonyl (C=O) groups excluding carboxylic acids is 1. The van der Waals surface area contributed by atoms with E-state index in [0.717, 1.165) is 77.1 Å². The summed E-state index contributed by atoms with van der Waals surface area (Å²) < 4.78 is 0. The Morgan fingerprint density at radius 3 is 2.66 bits per heavy atom. The van der Waals surface area contributed by atoms with E-state index in [4.69, 9.17) is 10.7 Å². The van der Waals surface area contributed by atoms with Crippen LogP contribution in [-0.4, -0.2) is 80.1 Å². The van der Waals surface area contributed by atoms with E-state index < -0.39 is 0 Å². The number of guanidine groups is 1. The van der Waals surface area contributed by atoms with Crippen molar-refractivity contribution in [3.63, 3.8) is 0 Å². The second kappa shape index (κ2) is 15.2. The minimum absolute atomic E-state index is 0. The molecule has 1 amide bonds. The molecular weight excluding hydrogens is 479 g/mol. The number of likely N-dealkylation sites (tertiary alicyclic amines) is 2. The summed E-state index contributed by atoms with van der Waals surface area (Å²) in [6.45, 7) is 12.2. The molecular formula is C21H43IN6O.